The van der Waals surface area contributed by atoms with Gasteiger partial charge in [0.15, 0.2) is 5.69 Å². The zero-order valence-corrected chi connectivity index (χ0v) is 15.3. The quantitative estimate of drug-likeness (QED) is 0.845. The first-order valence-corrected chi connectivity index (χ1v) is 9.33. The van der Waals surface area contributed by atoms with E-state index in [0.29, 0.717) is 63.2 Å². The van der Waals surface area contributed by atoms with Crippen LogP contribution in [0.15, 0.2) is 21.5 Å². The van der Waals surface area contributed by atoms with Crippen LogP contribution in [0.1, 0.15) is 41.2 Å². The van der Waals surface area contributed by atoms with Gasteiger partial charge in [-0.25, -0.2) is 4.98 Å². The molecular weight excluding hydrogens is 350 g/mol. The molecule has 2 aliphatic heterocycles. The highest BCUT2D eigenvalue weighted by atomic mass is 16.5. The van der Waals surface area contributed by atoms with Crippen LogP contribution in [0.3, 0.4) is 0 Å². The first kappa shape index (κ1) is 17.7. The summed E-state index contributed by atoms with van der Waals surface area (Å²) in [6.45, 7) is 5.73. The Morgan fingerprint density at radius 2 is 2.11 bits per heavy atom. The molecule has 0 spiro atoms. The van der Waals surface area contributed by atoms with E-state index in [-0.39, 0.29) is 17.4 Å². The van der Waals surface area contributed by atoms with E-state index in [2.05, 4.69) is 15.1 Å². The zero-order chi connectivity index (χ0) is 18.8. The molecule has 9 heteroatoms. The largest absolute Gasteiger partial charge is 0.378 e. The van der Waals surface area contributed by atoms with Crippen molar-refractivity contribution in [2.45, 2.75) is 25.7 Å². The molecule has 0 aromatic carbocycles. The topological polar surface area (TPSA) is 105 Å². The molecule has 4 rings (SSSR count). The molecule has 2 saturated heterocycles. The smallest absolute Gasteiger partial charge is 0.276 e. The van der Waals surface area contributed by atoms with Gasteiger partial charge in [-0.1, -0.05) is 12.1 Å². The van der Waals surface area contributed by atoms with Crippen LogP contribution in [0, 0.1) is 0 Å². The minimum absolute atomic E-state index is 0.0357. The Kier molecular flexibility index (Phi) is 4.93. The van der Waals surface area contributed by atoms with Crippen LogP contribution in [0.5, 0.6) is 0 Å². The fraction of sp³-hybridized carbons (Fsp3) is 0.556. The Labute approximate surface area is 156 Å². The van der Waals surface area contributed by atoms with Gasteiger partial charge in [-0.3, -0.25) is 14.6 Å². The third-order valence-corrected chi connectivity index (χ3v) is 5.08. The molecule has 0 aliphatic carbocycles. The highest BCUT2D eigenvalue weighted by Crippen LogP contribution is 2.27. The first-order valence-electron chi connectivity index (χ1n) is 9.33. The Morgan fingerprint density at radius 1 is 1.30 bits per heavy atom. The molecule has 0 bridgehead atoms. The lowest BCUT2D eigenvalue weighted by Gasteiger charge is -2.27. The van der Waals surface area contributed by atoms with Gasteiger partial charge >= 0.3 is 0 Å². The molecule has 1 N–H and O–H groups in total. The normalized spacial score (nSPS) is 20.3. The number of aryl methyl sites for hydroxylation is 1. The van der Waals surface area contributed by atoms with E-state index in [4.69, 9.17) is 9.26 Å². The predicted molar refractivity (Wildman–Crippen MR) is 97.0 cm³/mol. The number of rotatable bonds is 4. The number of amides is 1. The standard InChI is InChI=1S/C18H23N5O4/c1-2-13-9-15(21-27-13)17(25)23-4-3-12(11-23)14-10-16(24)20-18(19-14)22-5-7-26-8-6-22/h9-10,12H,2-8,11H2,1H3,(H,19,20,24)/t12-/m0/s1. The minimum atomic E-state index is -0.171. The molecule has 2 aliphatic rings. The summed E-state index contributed by atoms with van der Waals surface area (Å²) in [6, 6.07) is 3.23. The maximum Gasteiger partial charge on any atom is 0.276 e. The summed E-state index contributed by atoms with van der Waals surface area (Å²) < 4.78 is 10.5. The number of anilines is 1. The van der Waals surface area contributed by atoms with E-state index in [1.54, 1.807) is 11.0 Å². The van der Waals surface area contributed by atoms with Crippen molar-refractivity contribution < 1.29 is 14.1 Å². The highest BCUT2D eigenvalue weighted by molar-refractivity contribution is 5.92. The fourth-order valence-electron chi connectivity index (χ4n) is 3.53. The van der Waals surface area contributed by atoms with E-state index in [1.807, 2.05) is 11.8 Å². The SMILES string of the molecule is CCc1cc(C(=O)N2CC[C@H](c3cc(=O)[nH]c(N4CCOCC4)n3)C2)no1. The number of H-pyrrole nitrogens is 1. The molecule has 2 aromatic rings. The summed E-state index contributed by atoms with van der Waals surface area (Å²) in [4.78, 5) is 36.0. The molecule has 2 aromatic heterocycles. The zero-order valence-electron chi connectivity index (χ0n) is 15.3. The number of carbonyl (C=O) groups is 1. The van der Waals surface area contributed by atoms with Gasteiger partial charge in [0.25, 0.3) is 11.5 Å². The summed E-state index contributed by atoms with van der Waals surface area (Å²) in [7, 11) is 0. The van der Waals surface area contributed by atoms with E-state index in [0.717, 1.165) is 12.1 Å². The van der Waals surface area contributed by atoms with Crippen LogP contribution in [-0.4, -0.2) is 65.3 Å². The van der Waals surface area contributed by atoms with Crippen molar-refractivity contribution in [3.63, 3.8) is 0 Å². The van der Waals surface area contributed by atoms with E-state index in [1.165, 1.54) is 6.07 Å². The van der Waals surface area contributed by atoms with Crippen LogP contribution in [0.25, 0.3) is 0 Å². The minimum Gasteiger partial charge on any atom is -0.378 e. The Morgan fingerprint density at radius 3 is 2.85 bits per heavy atom. The van der Waals surface area contributed by atoms with Gasteiger partial charge < -0.3 is 19.1 Å². The Hall–Kier alpha value is -2.68. The first-order chi connectivity index (χ1) is 13.1. The summed E-state index contributed by atoms with van der Waals surface area (Å²) in [5.74, 6) is 1.17. The lowest BCUT2D eigenvalue weighted by Crippen LogP contribution is -2.38. The summed E-state index contributed by atoms with van der Waals surface area (Å²) in [5, 5.41) is 3.86. The lowest BCUT2D eigenvalue weighted by atomic mass is 10.1. The number of nitrogens with one attached hydrogen (secondary N) is 1. The molecule has 144 valence electrons. The fourth-order valence-corrected chi connectivity index (χ4v) is 3.53. The van der Waals surface area contributed by atoms with E-state index in [9.17, 15) is 9.59 Å². The van der Waals surface area contributed by atoms with Crippen LogP contribution >= 0.6 is 0 Å². The number of likely N-dealkylation sites (tertiary alicyclic amines) is 1. The molecule has 4 heterocycles. The number of carbonyl (C=O) groups excluding carboxylic acids is 1. The molecule has 27 heavy (non-hydrogen) atoms. The van der Waals surface area contributed by atoms with Crippen molar-refractivity contribution in [3.8, 4) is 0 Å². The number of aromatic amines is 1. The second-order valence-corrected chi connectivity index (χ2v) is 6.86. The molecule has 0 radical (unpaired) electrons. The Bertz CT molecular complexity index is 871. The average molecular weight is 373 g/mol. The summed E-state index contributed by atoms with van der Waals surface area (Å²) in [6.07, 6.45) is 1.47. The third kappa shape index (κ3) is 3.73. The molecule has 0 unspecified atom stereocenters. The average Bonchev–Trinajstić information content (AvgIpc) is 3.37. The number of ether oxygens (including phenoxy) is 1. The van der Waals surface area contributed by atoms with Crippen molar-refractivity contribution in [2.75, 3.05) is 44.3 Å². The molecule has 0 saturated carbocycles. The number of morpholine rings is 1. The van der Waals surface area contributed by atoms with Crippen LogP contribution in [0.2, 0.25) is 0 Å². The van der Waals surface area contributed by atoms with Gasteiger partial charge in [0.1, 0.15) is 5.76 Å². The number of hydrogen-bond acceptors (Lipinski definition) is 7. The molecule has 1 amide bonds. The van der Waals surface area contributed by atoms with Crippen molar-refractivity contribution in [2.24, 2.45) is 0 Å². The van der Waals surface area contributed by atoms with Crippen molar-refractivity contribution in [1.29, 1.82) is 0 Å². The Balaban J connectivity index is 1.49. The van der Waals surface area contributed by atoms with Crippen LogP contribution < -0.4 is 10.5 Å². The summed E-state index contributed by atoms with van der Waals surface area (Å²) >= 11 is 0. The second kappa shape index (κ2) is 7.51. The van der Waals surface area contributed by atoms with E-state index < -0.39 is 0 Å². The van der Waals surface area contributed by atoms with Crippen LogP contribution in [0.4, 0.5) is 5.95 Å². The van der Waals surface area contributed by atoms with Gasteiger partial charge in [0.05, 0.1) is 18.9 Å². The third-order valence-electron chi connectivity index (χ3n) is 5.08. The monoisotopic (exact) mass is 373 g/mol. The molecule has 1 atom stereocenters. The number of nitrogens with zero attached hydrogens (tertiary/aromatic N) is 4. The highest BCUT2D eigenvalue weighted by Gasteiger charge is 2.31. The number of hydrogen-bond donors (Lipinski definition) is 1. The predicted octanol–water partition coefficient (Wildman–Crippen LogP) is 0.787. The maximum atomic E-state index is 12.6. The maximum absolute atomic E-state index is 12.6. The van der Waals surface area contributed by atoms with Crippen molar-refractivity contribution in [3.05, 3.63) is 39.6 Å². The number of aromatic nitrogens is 3. The summed E-state index contributed by atoms with van der Waals surface area (Å²) in [5.41, 5.74) is 0.890. The molecule has 2 fully saturated rings. The lowest BCUT2D eigenvalue weighted by molar-refractivity contribution is 0.0780. The van der Waals surface area contributed by atoms with Gasteiger partial charge in [-0.05, 0) is 6.42 Å². The van der Waals surface area contributed by atoms with Gasteiger partial charge in [-0.15, -0.1) is 0 Å². The van der Waals surface area contributed by atoms with Crippen molar-refractivity contribution >= 4 is 11.9 Å². The molecule has 9 nitrogen and oxygen atoms in total. The van der Waals surface area contributed by atoms with Gasteiger partial charge in [0.2, 0.25) is 5.95 Å². The van der Waals surface area contributed by atoms with Gasteiger partial charge in [0, 0.05) is 50.7 Å². The second-order valence-electron chi connectivity index (χ2n) is 6.86. The van der Waals surface area contributed by atoms with Crippen LogP contribution in [-0.2, 0) is 11.2 Å². The van der Waals surface area contributed by atoms with Gasteiger partial charge in [-0.2, -0.15) is 0 Å². The molecular formula is C18H23N5O4. The van der Waals surface area contributed by atoms with E-state index >= 15 is 0 Å². The van der Waals surface area contributed by atoms with Crippen molar-refractivity contribution in [1.82, 2.24) is 20.0 Å².